The molecule has 1 rings (SSSR count). The number of aldehydes is 1. The Morgan fingerprint density at radius 1 is 1.64 bits per heavy atom. The van der Waals surface area contributed by atoms with Gasteiger partial charge in [-0.25, -0.2) is 13.8 Å². The molecule has 1 aromatic rings. The molecular weight excluding hydrogens is 258 g/mol. The molecule has 0 fully saturated rings. The van der Waals surface area contributed by atoms with Gasteiger partial charge in [0.25, 0.3) is 6.43 Å². The van der Waals surface area contributed by atoms with Crippen LogP contribution >= 0.6 is 15.9 Å². The molecule has 0 radical (unpaired) electrons. The van der Waals surface area contributed by atoms with Crippen molar-refractivity contribution in [3.8, 4) is 6.07 Å². The van der Waals surface area contributed by atoms with Crippen molar-refractivity contribution in [2.75, 3.05) is 0 Å². The molecule has 0 spiro atoms. The topological polar surface area (TPSA) is 53.8 Å². The molecule has 0 aliphatic carbocycles. The monoisotopic (exact) mass is 260 g/mol. The first kappa shape index (κ1) is 10.7. The van der Waals surface area contributed by atoms with Crippen LogP contribution in [0.15, 0.2) is 10.7 Å². The SMILES string of the molecule is N#Cc1cc(C=O)c(Br)nc1C(F)F. The largest absolute Gasteiger partial charge is 0.298 e. The maximum absolute atomic E-state index is 12.3. The lowest BCUT2D eigenvalue weighted by atomic mass is 10.1. The summed E-state index contributed by atoms with van der Waals surface area (Å²) in [5.41, 5.74) is -0.832. The van der Waals surface area contributed by atoms with Gasteiger partial charge in [-0.2, -0.15) is 5.26 Å². The molecule has 0 amide bonds. The number of alkyl halides is 2. The van der Waals surface area contributed by atoms with Gasteiger partial charge in [0.15, 0.2) is 6.29 Å². The Bertz CT molecular complexity index is 415. The number of halogens is 3. The first-order valence-corrected chi connectivity index (χ1v) is 4.23. The van der Waals surface area contributed by atoms with Crippen LogP contribution in [0.3, 0.4) is 0 Å². The minimum absolute atomic E-state index is 0.0156. The zero-order valence-corrected chi connectivity index (χ0v) is 8.25. The highest BCUT2D eigenvalue weighted by molar-refractivity contribution is 9.10. The highest BCUT2D eigenvalue weighted by atomic mass is 79.9. The molecule has 1 heterocycles. The molecule has 0 saturated heterocycles. The summed E-state index contributed by atoms with van der Waals surface area (Å²) in [6.45, 7) is 0. The minimum atomic E-state index is -2.83. The van der Waals surface area contributed by atoms with Gasteiger partial charge in [0.2, 0.25) is 0 Å². The molecule has 14 heavy (non-hydrogen) atoms. The van der Waals surface area contributed by atoms with Crippen LogP contribution in [-0.4, -0.2) is 11.3 Å². The molecule has 0 saturated carbocycles. The highest BCUT2D eigenvalue weighted by Gasteiger charge is 2.17. The first-order valence-electron chi connectivity index (χ1n) is 3.44. The van der Waals surface area contributed by atoms with Crippen LogP contribution in [0.25, 0.3) is 0 Å². The van der Waals surface area contributed by atoms with E-state index in [0.717, 1.165) is 6.07 Å². The van der Waals surface area contributed by atoms with E-state index in [-0.39, 0.29) is 15.7 Å². The molecule has 6 heteroatoms. The molecule has 0 atom stereocenters. The Morgan fingerprint density at radius 2 is 2.29 bits per heavy atom. The van der Waals surface area contributed by atoms with Gasteiger partial charge in [-0.05, 0) is 22.0 Å². The van der Waals surface area contributed by atoms with E-state index in [0.29, 0.717) is 6.29 Å². The van der Waals surface area contributed by atoms with Crippen molar-refractivity contribution < 1.29 is 13.6 Å². The van der Waals surface area contributed by atoms with Crippen LogP contribution in [0.2, 0.25) is 0 Å². The fourth-order valence-corrected chi connectivity index (χ4v) is 1.26. The molecule has 0 aliphatic heterocycles. The van der Waals surface area contributed by atoms with Crippen LogP contribution in [0, 0.1) is 11.3 Å². The van der Waals surface area contributed by atoms with E-state index < -0.39 is 12.1 Å². The van der Waals surface area contributed by atoms with Crippen LogP contribution in [0.5, 0.6) is 0 Å². The van der Waals surface area contributed by atoms with Crippen LogP contribution in [0.4, 0.5) is 8.78 Å². The highest BCUT2D eigenvalue weighted by Crippen LogP contribution is 2.24. The number of hydrogen-bond acceptors (Lipinski definition) is 3. The number of rotatable bonds is 2. The molecule has 0 aromatic carbocycles. The lowest BCUT2D eigenvalue weighted by Crippen LogP contribution is -1.99. The number of hydrogen-bond donors (Lipinski definition) is 0. The van der Waals surface area contributed by atoms with Gasteiger partial charge in [0.1, 0.15) is 16.4 Å². The van der Waals surface area contributed by atoms with Crippen molar-refractivity contribution in [1.82, 2.24) is 4.98 Å². The number of carbonyl (C=O) groups excluding carboxylic acids is 1. The first-order chi connectivity index (χ1) is 6.60. The standard InChI is InChI=1S/C8H3BrF2N2O/c9-7-5(3-14)1-4(2-12)6(13-7)8(10)11/h1,3,8H. The average Bonchev–Trinajstić information content (AvgIpc) is 2.17. The van der Waals surface area contributed by atoms with E-state index >= 15 is 0 Å². The fraction of sp³-hybridized carbons (Fsp3) is 0.125. The predicted octanol–water partition coefficient (Wildman–Crippen LogP) is 2.47. The summed E-state index contributed by atoms with van der Waals surface area (Å²) in [5, 5.41) is 8.52. The van der Waals surface area contributed by atoms with Gasteiger partial charge >= 0.3 is 0 Å². The van der Waals surface area contributed by atoms with Crippen molar-refractivity contribution >= 4 is 22.2 Å². The predicted molar refractivity (Wildman–Crippen MR) is 47.0 cm³/mol. The van der Waals surface area contributed by atoms with E-state index in [1.807, 2.05) is 0 Å². The van der Waals surface area contributed by atoms with Crippen molar-refractivity contribution in [1.29, 1.82) is 5.26 Å². The second-order valence-corrected chi connectivity index (χ2v) is 3.08. The zero-order chi connectivity index (χ0) is 10.7. The average molecular weight is 261 g/mol. The number of nitriles is 1. The van der Waals surface area contributed by atoms with E-state index in [9.17, 15) is 13.6 Å². The Kier molecular flexibility index (Phi) is 3.25. The summed E-state index contributed by atoms with van der Waals surface area (Å²) < 4.78 is 24.6. The number of pyridine rings is 1. The smallest absolute Gasteiger partial charge is 0.281 e. The molecule has 0 unspecified atom stereocenters. The van der Waals surface area contributed by atoms with Crippen molar-refractivity contribution in [2.24, 2.45) is 0 Å². The number of carbonyl (C=O) groups is 1. The second kappa shape index (κ2) is 4.24. The molecule has 0 aliphatic rings. The van der Waals surface area contributed by atoms with Crippen LogP contribution in [0.1, 0.15) is 28.0 Å². The van der Waals surface area contributed by atoms with Gasteiger partial charge in [-0.3, -0.25) is 4.79 Å². The second-order valence-electron chi connectivity index (χ2n) is 2.33. The summed E-state index contributed by atoms with van der Waals surface area (Å²) in [5.74, 6) is 0. The third-order valence-electron chi connectivity index (χ3n) is 1.49. The van der Waals surface area contributed by atoms with Gasteiger partial charge in [0.05, 0.1) is 5.56 Å². The summed E-state index contributed by atoms with van der Waals surface area (Å²) in [6, 6.07) is 2.63. The van der Waals surface area contributed by atoms with Gasteiger partial charge in [-0.1, -0.05) is 0 Å². The Morgan fingerprint density at radius 3 is 2.71 bits per heavy atom. The molecule has 0 N–H and O–H groups in total. The van der Waals surface area contributed by atoms with Crippen LogP contribution < -0.4 is 0 Å². The molecule has 1 aromatic heterocycles. The lowest BCUT2D eigenvalue weighted by Gasteiger charge is -2.03. The summed E-state index contributed by atoms with van der Waals surface area (Å²) >= 11 is 2.85. The molecule has 72 valence electrons. The van der Waals surface area contributed by atoms with Gasteiger partial charge in [0, 0.05) is 5.56 Å². The third kappa shape index (κ3) is 1.93. The summed E-state index contributed by atoms with van der Waals surface area (Å²) in [4.78, 5) is 13.8. The fourth-order valence-electron chi connectivity index (χ4n) is 0.858. The number of aromatic nitrogens is 1. The number of nitrogens with zero attached hydrogens (tertiary/aromatic N) is 2. The maximum Gasteiger partial charge on any atom is 0.281 e. The van der Waals surface area contributed by atoms with E-state index in [2.05, 4.69) is 20.9 Å². The zero-order valence-electron chi connectivity index (χ0n) is 6.67. The molecular formula is C8H3BrF2N2O. The quantitative estimate of drug-likeness (QED) is 0.607. The molecule has 0 bridgehead atoms. The van der Waals surface area contributed by atoms with Crippen molar-refractivity contribution in [3.63, 3.8) is 0 Å². The van der Waals surface area contributed by atoms with E-state index in [4.69, 9.17) is 5.26 Å². The Labute approximate surface area is 86.5 Å². The van der Waals surface area contributed by atoms with E-state index in [1.165, 1.54) is 0 Å². The molecule has 3 nitrogen and oxygen atoms in total. The van der Waals surface area contributed by atoms with Crippen LogP contribution in [-0.2, 0) is 0 Å². The van der Waals surface area contributed by atoms with Crippen molar-refractivity contribution in [3.05, 3.63) is 27.5 Å². The normalized spacial score (nSPS) is 9.93. The maximum atomic E-state index is 12.3. The van der Waals surface area contributed by atoms with Crippen molar-refractivity contribution in [2.45, 2.75) is 6.43 Å². The minimum Gasteiger partial charge on any atom is -0.298 e. The Hall–Kier alpha value is -1.35. The summed E-state index contributed by atoms with van der Waals surface area (Å²) in [7, 11) is 0. The summed E-state index contributed by atoms with van der Waals surface area (Å²) in [6.07, 6.45) is -2.39. The Balaban J connectivity index is 3.40. The lowest BCUT2D eigenvalue weighted by molar-refractivity contribution is 0.112. The van der Waals surface area contributed by atoms with Gasteiger partial charge in [-0.15, -0.1) is 0 Å². The van der Waals surface area contributed by atoms with Gasteiger partial charge < -0.3 is 0 Å². The third-order valence-corrected chi connectivity index (χ3v) is 2.12. The van der Waals surface area contributed by atoms with E-state index in [1.54, 1.807) is 6.07 Å².